The van der Waals surface area contributed by atoms with Gasteiger partial charge in [0.05, 0.1) is 6.61 Å². The highest BCUT2D eigenvalue weighted by atomic mass is 16.5. The van der Waals surface area contributed by atoms with E-state index >= 15 is 0 Å². The monoisotopic (exact) mass is 281 g/mol. The Bertz CT molecular complexity index is 467. The average molecular weight is 281 g/mol. The second-order valence-corrected chi connectivity index (χ2v) is 4.78. The first-order valence-electron chi connectivity index (χ1n) is 6.93. The van der Waals surface area contributed by atoms with Gasteiger partial charge in [-0.3, -0.25) is 4.79 Å². The number of amides is 1. The van der Waals surface area contributed by atoms with Crippen molar-refractivity contribution in [2.24, 2.45) is 0 Å². The van der Waals surface area contributed by atoms with Gasteiger partial charge in [-0.1, -0.05) is 19.3 Å². The van der Waals surface area contributed by atoms with Crippen LogP contribution in [-0.4, -0.2) is 44.7 Å². The molecule has 1 heterocycles. The lowest BCUT2D eigenvalue weighted by Gasteiger charge is -2.22. The smallest absolute Gasteiger partial charge is 0.378 e. The molecule has 0 saturated heterocycles. The Morgan fingerprint density at radius 1 is 1.35 bits per heavy atom. The van der Waals surface area contributed by atoms with Crippen LogP contribution in [0, 0.1) is 0 Å². The normalized spacial score (nSPS) is 15.8. The first-order chi connectivity index (χ1) is 9.70. The van der Waals surface area contributed by atoms with E-state index in [1.165, 1.54) is 6.42 Å². The molecule has 0 aromatic carbocycles. The van der Waals surface area contributed by atoms with E-state index < -0.39 is 5.97 Å². The molecule has 0 atom stereocenters. The van der Waals surface area contributed by atoms with Crippen LogP contribution < -0.4 is 5.32 Å². The fourth-order valence-corrected chi connectivity index (χ4v) is 2.31. The third-order valence-electron chi connectivity index (χ3n) is 3.25. The second-order valence-electron chi connectivity index (χ2n) is 4.78. The van der Waals surface area contributed by atoms with Crippen molar-refractivity contribution >= 4 is 11.9 Å². The Labute approximate surface area is 116 Å². The zero-order chi connectivity index (χ0) is 14.4. The van der Waals surface area contributed by atoms with E-state index in [1.807, 2.05) is 0 Å². The van der Waals surface area contributed by atoms with Crippen LogP contribution >= 0.6 is 0 Å². The molecule has 110 valence electrons. The molecule has 20 heavy (non-hydrogen) atoms. The molecule has 0 unspecified atom stereocenters. The lowest BCUT2D eigenvalue weighted by Crippen LogP contribution is -2.38. The van der Waals surface area contributed by atoms with Gasteiger partial charge in [0.15, 0.2) is 0 Å². The number of hydrogen-bond donors (Lipinski definition) is 1. The van der Waals surface area contributed by atoms with Crippen molar-refractivity contribution in [2.75, 3.05) is 6.61 Å². The van der Waals surface area contributed by atoms with Crippen molar-refractivity contribution < 1.29 is 14.3 Å². The quantitative estimate of drug-likeness (QED) is 0.779. The molecule has 1 aromatic rings. The van der Waals surface area contributed by atoms with E-state index in [9.17, 15) is 9.59 Å². The van der Waals surface area contributed by atoms with Gasteiger partial charge >= 0.3 is 5.97 Å². The molecule has 1 N–H and O–H groups in total. The summed E-state index contributed by atoms with van der Waals surface area (Å²) in [5, 5.41) is 13.6. The molecule has 1 aliphatic carbocycles. The van der Waals surface area contributed by atoms with E-state index in [4.69, 9.17) is 4.74 Å². The summed E-state index contributed by atoms with van der Waals surface area (Å²) < 4.78 is 5.99. The number of ether oxygens (including phenoxy) is 1. The lowest BCUT2D eigenvalue weighted by molar-refractivity contribution is -0.122. The van der Waals surface area contributed by atoms with E-state index in [2.05, 4.69) is 20.8 Å². The van der Waals surface area contributed by atoms with Crippen LogP contribution in [0.15, 0.2) is 0 Å². The highest BCUT2D eigenvalue weighted by Crippen LogP contribution is 2.17. The minimum atomic E-state index is -0.622. The largest absolute Gasteiger partial charge is 0.460 e. The van der Waals surface area contributed by atoms with Crippen LogP contribution in [0.1, 0.15) is 49.6 Å². The molecule has 0 bridgehead atoms. The van der Waals surface area contributed by atoms with Crippen molar-refractivity contribution in [1.82, 2.24) is 25.5 Å². The predicted molar refractivity (Wildman–Crippen MR) is 68.8 cm³/mol. The van der Waals surface area contributed by atoms with Gasteiger partial charge in [0, 0.05) is 6.04 Å². The van der Waals surface area contributed by atoms with Gasteiger partial charge in [0.1, 0.15) is 6.54 Å². The maximum atomic E-state index is 11.9. The highest BCUT2D eigenvalue weighted by Gasteiger charge is 2.20. The number of tetrazole rings is 1. The van der Waals surface area contributed by atoms with Gasteiger partial charge in [-0.05, 0) is 30.2 Å². The van der Waals surface area contributed by atoms with Crippen LogP contribution in [-0.2, 0) is 16.1 Å². The number of nitrogens with one attached hydrogen (secondary N) is 1. The number of nitrogens with zero attached hydrogens (tertiary/aromatic N) is 4. The van der Waals surface area contributed by atoms with E-state index in [-0.39, 0.29) is 30.9 Å². The Balaban J connectivity index is 1.90. The molecule has 0 spiro atoms. The highest BCUT2D eigenvalue weighted by molar-refractivity contribution is 5.86. The van der Waals surface area contributed by atoms with Crippen molar-refractivity contribution in [1.29, 1.82) is 0 Å². The number of aromatic nitrogens is 4. The summed E-state index contributed by atoms with van der Waals surface area (Å²) in [6.45, 7) is 1.86. The Morgan fingerprint density at radius 3 is 2.80 bits per heavy atom. The minimum Gasteiger partial charge on any atom is -0.460 e. The van der Waals surface area contributed by atoms with Crippen molar-refractivity contribution in [2.45, 2.75) is 51.6 Å². The van der Waals surface area contributed by atoms with Crippen LogP contribution in [0.3, 0.4) is 0 Å². The summed E-state index contributed by atoms with van der Waals surface area (Å²) in [5.74, 6) is -0.858. The number of carbonyl (C=O) groups is 2. The Hall–Kier alpha value is -1.99. The van der Waals surface area contributed by atoms with Gasteiger partial charge in [-0.15, -0.1) is 5.10 Å². The minimum absolute atomic E-state index is 0.0503. The summed E-state index contributed by atoms with van der Waals surface area (Å²) >= 11 is 0. The van der Waals surface area contributed by atoms with Gasteiger partial charge < -0.3 is 10.1 Å². The maximum absolute atomic E-state index is 11.9. The summed E-state index contributed by atoms with van der Waals surface area (Å²) in [7, 11) is 0. The van der Waals surface area contributed by atoms with Gasteiger partial charge in [-0.2, -0.15) is 0 Å². The van der Waals surface area contributed by atoms with Crippen molar-refractivity contribution in [3.63, 3.8) is 0 Å². The van der Waals surface area contributed by atoms with Crippen LogP contribution in [0.2, 0.25) is 0 Å². The van der Waals surface area contributed by atoms with Gasteiger partial charge in [0.25, 0.3) is 5.82 Å². The SMILES string of the molecule is CCOC(=O)c1nnnn1CC(=O)NC1CCCCC1. The Morgan fingerprint density at radius 2 is 2.10 bits per heavy atom. The predicted octanol–water partition coefficient (Wildman–Crippen LogP) is 0.299. The zero-order valence-electron chi connectivity index (χ0n) is 11.5. The van der Waals surface area contributed by atoms with Crippen molar-refractivity contribution in [3.05, 3.63) is 5.82 Å². The molecular weight excluding hydrogens is 262 g/mol. The summed E-state index contributed by atoms with van der Waals surface area (Å²) in [4.78, 5) is 23.5. The molecule has 2 rings (SSSR count). The molecule has 1 saturated carbocycles. The number of carbonyl (C=O) groups excluding carboxylic acids is 2. The van der Waals surface area contributed by atoms with E-state index in [1.54, 1.807) is 6.92 Å². The first kappa shape index (κ1) is 14.4. The standard InChI is InChI=1S/C12H19N5O3/c1-2-20-12(19)11-14-15-16-17(11)8-10(18)13-9-6-4-3-5-7-9/h9H,2-8H2,1H3,(H,13,18). The van der Waals surface area contributed by atoms with Gasteiger partial charge in [-0.25, -0.2) is 9.48 Å². The summed E-state index contributed by atoms with van der Waals surface area (Å²) in [6, 6.07) is 0.221. The zero-order valence-corrected chi connectivity index (χ0v) is 11.5. The molecule has 8 nitrogen and oxygen atoms in total. The molecule has 0 radical (unpaired) electrons. The van der Waals surface area contributed by atoms with Crippen LogP contribution in [0.5, 0.6) is 0 Å². The van der Waals surface area contributed by atoms with Crippen LogP contribution in [0.25, 0.3) is 0 Å². The second kappa shape index (κ2) is 6.97. The maximum Gasteiger partial charge on any atom is 0.378 e. The van der Waals surface area contributed by atoms with Gasteiger partial charge in [0.2, 0.25) is 5.91 Å². The summed E-state index contributed by atoms with van der Waals surface area (Å²) in [5.41, 5.74) is 0. The fourth-order valence-electron chi connectivity index (χ4n) is 2.31. The fraction of sp³-hybridized carbons (Fsp3) is 0.750. The lowest BCUT2D eigenvalue weighted by atomic mass is 9.95. The third-order valence-corrected chi connectivity index (χ3v) is 3.25. The van der Waals surface area contributed by atoms with E-state index in [0.717, 1.165) is 30.4 Å². The first-order valence-corrected chi connectivity index (χ1v) is 6.93. The molecular formula is C12H19N5O3. The Kier molecular flexibility index (Phi) is 5.03. The average Bonchev–Trinajstić information content (AvgIpc) is 2.88. The molecule has 0 aliphatic heterocycles. The van der Waals surface area contributed by atoms with E-state index in [0.29, 0.717) is 0 Å². The summed E-state index contributed by atoms with van der Waals surface area (Å²) in [6.07, 6.45) is 5.53. The number of esters is 1. The number of rotatable bonds is 5. The van der Waals surface area contributed by atoms with Crippen LogP contribution in [0.4, 0.5) is 0 Å². The molecule has 1 aliphatic rings. The van der Waals surface area contributed by atoms with Crippen molar-refractivity contribution in [3.8, 4) is 0 Å². The molecule has 8 heteroatoms. The molecule has 1 amide bonds. The number of hydrogen-bond acceptors (Lipinski definition) is 6. The third kappa shape index (κ3) is 3.75. The molecule has 1 fully saturated rings. The topological polar surface area (TPSA) is 99.0 Å². The molecule has 1 aromatic heterocycles.